The van der Waals surface area contributed by atoms with Crippen molar-refractivity contribution in [2.24, 2.45) is 5.16 Å². The second-order valence-corrected chi connectivity index (χ2v) is 5.80. The van der Waals surface area contributed by atoms with Crippen LogP contribution in [0.4, 0.5) is 0 Å². The highest BCUT2D eigenvalue weighted by Gasteiger charge is 2.10. The van der Waals surface area contributed by atoms with Gasteiger partial charge in [0.25, 0.3) is 0 Å². The molecular weight excluding hydrogens is 349 g/mol. The summed E-state index contributed by atoms with van der Waals surface area (Å²) in [5.41, 5.74) is 2.35. The van der Waals surface area contributed by atoms with E-state index in [4.69, 9.17) is 28.0 Å². The van der Waals surface area contributed by atoms with Crippen LogP contribution < -0.4 is 5.32 Å². The number of rotatable bonds is 7. The average Bonchev–Trinajstić information content (AvgIpc) is 2.60. The number of benzene rings is 1. The van der Waals surface area contributed by atoms with E-state index < -0.39 is 0 Å². The third-order valence-corrected chi connectivity index (χ3v) is 3.99. The van der Waals surface area contributed by atoms with E-state index in [-0.39, 0.29) is 12.3 Å². The molecule has 2 aromatic rings. The van der Waals surface area contributed by atoms with Gasteiger partial charge in [-0.15, -0.1) is 0 Å². The van der Waals surface area contributed by atoms with Gasteiger partial charge >= 0.3 is 0 Å². The molecule has 0 fully saturated rings. The number of carbonyl (C=O) groups excluding carboxylic acids is 1. The Balaban J connectivity index is 1.92. The topological polar surface area (TPSA) is 63.6 Å². The number of hydrogen-bond donors (Lipinski definition) is 1. The van der Waals surface area contributed by atoms with Crippen LogP contribution in [-0.4, -0.2) is 23.7 Å². The molecule has 1 aromatic heterocycles. The molecule has 24 heavy (non-hydrogen) atoms. The lowest BCUT2D eigenvalue weighted by Gasteiger charge is -2.08. The predicted molar refractivity (Wildman–Crippen MR) is 95.3 cm³/mol. The zero-order valence-electron chi connectivity index (χ0n) is 13.1. The molecule has 0 aliphatic carbocycles. The average molecular weight is 366 g/mol. The van der Waals surface area contributed by atoms with E-state index in [1.807, 2.05) is 12.1 Å². The summed E-state index contributed by atoms with van der Waals surface area (Å²) in [5.74, 6) is -0.0808. The highest BCUT2D eigenvalue weighted by atomic mass is 35.5. The van der Waals surface area contributed by atoms with Crippen molar-refractivity contribution in [1.29, 1.82) is 0 Å². The summed E-state index contributed by atoms with van der Waals surface area (Å²) >= 11 is 11.9. The van der Waals surface area contributed by atoms with Crippen LogP contribution in [0, 0.1) is 0 Å². The standard InChI is InChI=1S/C17H17Cl2N3O2/c1-24-22-16(13-4-5-14(18)15(19)9-13)6-7-17(23)21-11-12-3-2-8-20-10-12/h2-5,8-10H,6-7,11H2,1H3,(H,21,23). The maximum Gasteiger partial charge on any atom is 0.220 e. The zero-order chi connectivity index (χ0) is 17.4. The van der Waals surface area contributed by atoms with E-state index in [1.54, 1.807) is 30.6 Å². The van der Waals surface area contributed by atoms with Crippen molar-refractivity contribution in [2.75, 3.05) is 7.11 Å². The minimum absolute atomic E-state index is 0.0808. The highest BCUT2D eigenvalue weighted by Crippen LogP contribution is 2.23. The maximum atomic E-state index is 12.0. The minimum Gasteiger partial charge on any atom is -0.399 e. The van der Waals surface area contributed by atoms with Gasteiger partial charge in [0.15, 0.2) is 0 Å². The molecule has 0 spiro atoms. The van der Waals surface area contributed by atoms with Gasteiger partial charge < -0.3 is 10.2 Å². The van der Waals surface area contributed by atoms with Crippen LogP contribution in [0.1, 0.15) is 24.0 Å². The van der Waals surface area contributed by atoms with Crippen molar-refractivity contribution in [3.63, 3.8) is 0 Å². The molecule has 1 aromatic carbocycles. The van der Waals surface area contributed by atoms with Crippen LogP contribution in [0.25, 0.3) is 0 Å². The second kappa shape index (κ2) is 9.25. The summed E-state index contributed by atoms with van der Waals surface area (Å²) in [6.07, 6.45) is 4.11. The zero-order valence-corrected chi connectivity index (χ0v) is 14.6. The molecule has 0 aliphatic heterocycles. The molecular formula is C17H17Cl2N3O2. The van der Waals surface area contributed by atoms with Crippen molar-refractivity contribution in [3.8, 4) is 0 Å². The first-order valence-corrected chi connectivity index (χ1v) is 8.07. The fourth-order valence-electron chi connectivity index (χ4n) is 2.05. The van der Waals surface area contributed by atoms with E-state index in [1.165, 1.54) is 7.11 Å². The van der Waals surface area contributed by atoms with Gasteiger partial charge in [0.1, 0.15) is 7.11 Å². The van der Waals surface area contributed by atoms with Crippen LogP contribution in [0.15, 0.2) is 47.9 Å². The Morgan fingerprint density at radius 1 is 1.25 bits per heavy atom. The number of nitrogens with zero attached hydrogens (tertiary/aromatic N) is 2. The van der Waals surface area contributed by atoms with E-state index >= 15 is 0 Å². The minimum atomic E-state index is -0.0808. The molecule has 0 atom stereocenters. The first-order valence-electron chi connectivity index (χ1n) is 7.31. The molecule has 0 radical (unpaired) electrons. The quantitative estimate of drug-likeness (QED) is 0.598. The summed E-state index contributed by atoms with van der Waals surface area (Å²) in [6, 6.07) is 8.91. The lowest BCUT2D eigenvalue weighted by Crippen LogP contribution is -2.23. The summed E-state index contributed by atoms with van der Waals surface area (Å²) in [7, 11) is 1.46. The molecule has 0 saturated heterocycles. The monoisotopic (exact) mass is 365 g/mol. The Morgan fingerprint density at radius 2 is 2.08 bits per heavy atom. The Labute approximate surface area is 150 Å². The molecule has 0 aliphatic rings. The maximum absolute atomic E-state index is 12.0. The van der Waals surface area contributed by atoms with Crippen molar-refractivity contribution in [1.82, 2.24) is 10.3 Å². The fourth-order valence-corrected chi connectivity index (χ4v) is 2.35. The molecule has 0 saturated carbocycles. The highest BCUT2D eigenvalue weighted by molar-refractivity contribution is 6.42. The van der Waals surface area contributed by atoms with Gasteiger partial charge in [0, 0.05) is 37.3 Å². The molecule has 7 heteroatoms. The molecule has 1 N–H and O–H groups in total. The number of pyridine rings is 1. The van der Waals surface area contributed by atoms with Crippen molar-refractivity contribution < 1.29 is 9.63 Å². The first kappa shape index (κ1) is 18.2. The lowest BCUT2D eigenvalue weighted by molar-refractivity contribution is -0.121. The molecule has 1 amide bonds. The van der Waals surface area contributed by atoms with Gasteiger partial charge in [0.2, 0.25) is 5.91 Å². The summed E-state index contributed by atoms with van der Waals surface area (Å²) < 4.78 is 0. The Morgan fingerprint density at radius 3 is 2.75 bits per heavy atom. The number of aromatic nitrogens is 1. The lowest BCUT2D eigenvalue weighted by atomic mass is 10.1. The van der Waals surface area contributed by atoms with Gasteiger partial charge in [-0.3, -0.25) is 9.78 Å². The van der Waals surface area contributed by atoms with Gasteiger partial charge in [-0.25, -0.2) is 0 Å². The Kier molecular flexibility index (Phi) is 7.03. The van der Waals surface area contributed by atoms with Gasteiger partial charge in [-0.1, -0.05) is 40.5 Å². The molecule has 126 valence electrons. The second-order valence-electron chi connectivity index (χ2n) is 4.99. The summed E-state index contributed by atoms with van der Waals surface area (Å²) in [5, 5.41) is 7.72. The third-order valence-electron chi connectivity index (χ3n) is 3.26. The smallest absolute Gasteiger partial charge is 0.220 e. The number of carbonyl (C=O) groups is 1. The molecule has 2 rings (SSSR count). The van der Waals surface area contributed by atoms with Crippen LogP contribution in [-0.2, 0) is 16.2 Å². The molecule has 0 bridgehead atoms. The summed E-state index contributed by atoms with van der Waals surface area (Å²) in [6.45, 7) is 0.441. The van der Waals surface area contributed by atoms with E-state index in [2.05, 4.69) is 15.5 Å². The van der Waals surface area contributed by atoms with Crippen LogP contribution in [0.2, 0.25) is 10.0 Å². The normalized spacial score (nSPS) is 11.2. The van der Waals surface area contributed by atoms with Crippen LogP contribution >= 0.6 is 23.2 Å². The van der Waals surface area contributed by atoms with Crippen LogP contribution in [0.3, 0.4) is 0 Å². The van der Waals surface area contributed by atoms with E-state index in [0.717, 1.165) is 11.1 Å². The number of amides is 1. The third kappa shape index (κ3) is 5.51. The van der Waals surface area contributed by atoms with Gasteiger partial charge in [-0.2, -0.15) is 0 Å². The van der Waals surface area contributed by atoms with Crippen molar-refractivity contribution >= 4 is 34.8 Å². The number of halogens is 2. The SMILES string of the molecule is CON=C(CCC(=O)NCc1cccnc1)c1ccc(Cl)c(Cl)c1. The molecule has 0 unspecified atom stereocenters. The molecule has 5 nitrogen and oxygen atoms in total. The van der Waals surface area contributed by atoms with Crippen LogP contribution in [0.5, 0.6) is 0 Å². The Bertz CT molecular complexity index is 721. The predicted octanol–water partition coefficient (Wildman–Crippen LogP) is 3.84. The van der Waals surface area contributed by atoms with E-state index in [0.29, 0.717) is 28.7 Å². The number of oxime groups is 1. The summed E-state index contributed by atoms with van der Waals surface area (Å²) in [4.78, 5) is 20.9. The molecule has 1 heterocycles. The van der Waals surface area contributed by atoms with Crippen molar-refractivity contribution in [3.05, 3.63) is 63.9 Å². The number of hydrogen-bond acceptors (Lipinski definition) is 4. The van der Waals surface area contributed by atoms with Crippen molar-refractivity contribution in [2.45, 2.75) is 19.4 Å². The largest absolute Gasteiger partial charge is 0.399 e. The fraction of sp³-hybridized carbons (Fsp3) is 0.235. The van der Waals surface area contributed by atoms with Gasteiger partial charge in [0.05, 0.1) is 15.8 Å². The first-order chi connectivity index (χ1) is 11.6. The van der Waals surface area contributed by atoms with Gasteiger partial charge in [-0.05, 0) is 23.8 Å². The van der Waals surface area contributed by atoms with E-state index in [9.17, 15) is 4.79 Å². The number of nitrogens with one attached hydrogen (secondary N) is 1. The Hall–Kier alpha value is -2.11.